The highest BCUT2D eigenvalue weighted by Gasteiger charge is 2.55. The van der Waals surface area contributed by atoms with E-state index in [9.17, 15) is 15.3 Å². The summed E-state index contributed by atoms with van der Waals surface area (Å²) in [7, 11) is 0. The molecule has 1 aliphatic carbocycles. The van der Waals surface area contributed by atoms with E-state index in [0.717, 1.165) is 23.5 Å². The second-order valence-corrected chi connectivity index (χ2v) is 8.27. The summed E-state index contributed by atoms with van der Waals surface area (Å²) in [6.45, 7) is 6.06. The van der Waals surface area contributed by atoms with Crippen molar-refractivity contribution >= 4 is 5.97 Å². The molecule has 6 nitrogen and oxygen atoms in total. The summed E-state index contributed by atoms with van der Waals surface area (Å²) in [5.41, 5.74) is 1.09. The molecular weight excluding hydrogens is 330 g/mol. The van der Waals surface area contributed by atoms with E-state index in [-0.39, 0.29) is 29.9 Å². The fraction of sp³-hybridized carbons (Fsp3) is 0.600. The van der Waals surface area contributed by atoms with Gasteiger partial charge in [-0.2, -0.15) is 10.3 Å². The van der Waals surface area contributed by atoms with Crippen molar-refractivity contribution in [2.24, 2.45) is 11.3 Å². The van der Waals surface area contributed by atoms with E-state index < -0.39 is 18.2 Å². The fourth-order valence-corrected chi connectivity index (χ4v) is 4.57. The molecule has 3 rings (SSSR count). The maximum atomic E-state index is 11.7. The first-order valence-corrected chi connectivity index (χ1v) is 9.13. The molecule has 1 heterocycles. The molecule has 2 fully saturated rings. The zero-order chi connectivity index (χ0) is 18.9. The highest BCUT2D eigenvalue weighted by atomic mass is 16.5. The van der Waals surface area contributed by atoms with Gasteiger partial charge in [0.15, 0.2) is 0 Å². The van der Waals surface area contributed by atoms with Crippen molar-refractivity contribution in [3.63, 3.8) is 0 Å². The summed E-state index contributed by atoms with van der Waals surface area (Å²) in [4.78, 5) is 11.7. The van der Waals surface area contributed by atoms with Crippen LogP contribution in [0.1, 0.15) is 39.2 Å². The standard InChI is InChI=1S/C20H27N3O3/c1-13(24)26-19-15-9-20(2,3)10-16(15)22-18(19)17(11-21)23(25)12-14-7-5-4-6-8-14/h4-8,15-19,22,25H,9-10,12H2,1-3H3/t15-,16-,17+,18-,19+/m1/s1. The molecule has 1 aromatic rings. The second-order valence-electron chi connectivity index (χ2n) is 8.27. The van der Waals surface area contributed by atoms with Crippen molar-refractivity contribution in [1.29, 1.82) is 5.26 Å². The maximum Gasteiger partial charge on any atom is 0.302 e. The van der Waals surface area contributed by atoms with Crippen molar-refractivity contribution < 1.29 is 14.7 Å². The van der Waals surface area contributed by atoms with Gasteiger partial charge >= 0.3 is 5.97 Å². The fourth-order valence-electron chi connectivity index (χ4n) is 4.57. The molecule has 0 spiro atoms. The number of rotatable bonds is 5. The van der Waals surface area contributed by atoms with Crippen molar-refractivity contribution in [1.82, 2.24) is 10.4 Å². The van der Waals surface area contributed by atoms with Gasteiger partial charge < -0.3 is 15.3 Å². The lowest BCUT2D eigenvalue weighted by Crippen LogP contribution is -2.52. The average molecular weight is 357 g/mol. The Balaban J connectivity index is 1.78. The molecule has 0 radical (unpaired) electrons. The van der Waals surface area contributed by atoms with Crippen LogP contribution in [0, 0.1) is 22.7 Å². The SMILES string of the molecule is CC(=O)O[C@H]1[C@@H]2CC(C)(C)C[C@H]2N[C@@H]1[C@H](C#N)N(O)Cc1ccccc1. The third-order valence-corrected chi connectivity index (χ3v) is 5.54. The van der Waals surface area contributed by atoms with Crippen LogP contribution in [0.5, 0.6) is 0 Å². The zero-order valence-electron chi connectivity index (χ0n) is 15.6. The summed E-state index contributed by atoms with van der Waals surface area (Å²) in [5, 5.41) is 24.8. The quantitative estimate of drug-likeness (QED) is 0.622. The predicted octanol–water partition coefficient (Wildman–Crippen LogP) is 2.48. The molecule has 5 atom stereocenters. The highest BCUT2D eigenvalue weighted by molar-refractivity contribution is 5.66. The van der Waals surface area contributed by atoms with Crippen LogP contribution < -0.4 is 5.32 Å². The van der Waals surface area contributed by atoms with Crippen LogP contribution in [0.3, 0.4) is 0 Å². The lowest BCUT2D eigenvalue weighted by atomic mass is 9.87. The van der Waals surface area contributed by atoms with Crippen molar-refractivity contribution in [2.75, 3.05) is 0 Å². The van der Waals surface area contributed by atoms with Crippen LogP contribution in [0.15, 0.2) is 30.3 Å². The van der Waals surface area contributed by atoms with Crippen LogP contribution in [0.2, 0.25) is 0 Å². The Hall–Kier alpha value is -1.94. The number of esters is 1. The van der Waals surface area contributed by atoms with Gasteiger partial charge in [0.2, 0.25) is 0 Å². The molecule has 6 heteroatoms. The number of ether oxygens (including phenoxy) is 1. The lowest BCUT2D eigenvalue weighted by Gasteiger charge is -2.32. The molecular formula is C20H27N3O3. The van der Waals surface area contributed by atoms with E-state index in [4.69, 9.17) is 4.74 Å². The zero-order valence-corrected chi connectivity index (χ0v) is 15.6. The number of nitrogens with zero attached hydrogens (tertiary/aromatic N) is 2. The summed E-state index contributed by atoms with van der Waals surface area (Å²) in [5.74, 6) is -0.184. The van der Waals surface area contributed by atoms with Crippen LogP contribution in [0.25, 0.3) is 0 Å². The second kappa shape index (κ2) is 7.36. The third-order valence-electron chi connectivity index (χ3n) is 5.54. The first-order valence-electron chi connectivity index (χ1n) is 9.13. The number of hydrogen-bond acceptors (Lipinski definition) is 6. The summed E-state index contributed by atoms with van der Waals surface area (Å²) < 4.78 is 5.62. The summed E-state index contributed by atoms with van der Waals surface area (Å²) >= 11 is 0. The van der Waals surface area contributed by atoms with Gasteiger partial charge in [-0.15, -0.1) is 0 Å². The van der Waals surface area contributed by atoms with Gasteiger partial charge in [-0.1, -0.05) is 44.2 Å². The van der Waals surface area contributed by atoms with Crippen molar-refractivity contribution in [3.05, 3.63) is 35.9 Å². The van der Waals surface area contributed by atoms with Crippen LogP contribution >= 0.6 is 0 Å². The number of nitriles is 1. The Morgan fingerprint density at radius 2 is 2.12 bits per heavy atom. The Bertz CT molecular complexity index is 685. The van der Waals surface area contributed by atoms with Gasteiger partial charge in [-0.25, -0.2) is 0 Å². The normalized spacial score (nSPS) is 30.6. The molecule has 140 valence electrons. The number of nitrogens with one attached hydrogen (secondary N) is 1. The number of carbonyl (C=O) groups excluding carboxylic acids is 1. The first-order chi connectivity index (χ1) is 12.3. The van der Waals surface area contributed by atoms with Crippen LogP contribution in [-0.4, -0.2) is 40.5 Å². The van der Waals surface area contributed by atoms with E-state index in [1.165, 1.54) is 6.92 Å². The monoisotopic (exact) mass is 357 g/mol. The number of fused-ring (bicyclic) bond motifs is 1. The van der Waals surface area contributed by atoms with Crippen LogP contribution in [0.4, 0.5) is 0 Å². The first kappa shape index (κ1) is 18.8. The molecule has 0 aromatic heterocycles. The van der Waals surface area contributed by atoms with Gasteiger partial charge in [0, 0.05) is 18.9 Å². The minimum absolute atomic E-state index is 0.167. The van der Waals surface area contributed by atoms with E-state index in [1.807, 2.05) is 30.3 Å². The number of hydrogen-bond donors (Lipinski definition) is 2. The Morgan fingerprint density at radius 3 is 2.73 bits per heavy atom. The molecule has 1 saturated heterocycles. The number of benzene rings is 1. The topological polar surface area (TPSA) is 85.6 Å². The molecule has 0 bridgehead atoms. The van der Waals surface area contributed by atoms with Gasteiger partial charge in [-0.3, -0.25) is 4.79 Å². The lowest BCUT2D eigenvalue weighted by molar-refractivity contribution is -0.158. The number of carbonyl (C=O) groups is 1. The van der Waals surface area contributed by atoms with Crippen molar-refractivity contribution in [2.45, 2.75) is 64.4 Å². The minimum Gasteiger partial charge on any atom is -0.460 e. The van der Waals surface area contributed by atoms with Crippen LogP contribution in [-0.2, 0) is 16.1 Å². The molecule has 1 aromatic carbocycles. The Morgan fingerprint density at radius 1 is 1.42 bits per heavy atom. The third kappa shape index (κ3) is 3.90. The Kier molecular flexibility index (Phi) is 5.33. The van der Waals surface area contributed by atoms with E-state index >= 15 is 0 Å². The van der Waals surface area contributed by atoms with Gasteiger partial charge in [0.1, 0.15) is 12.1 Å². The molecule has 1 saturated carbocycles. The average Bonchev–Trinajstić information content (AvgIpc) is 3.02. The summed E-state index contributed by atoms with van der Waals surface area (Å²) in [6.07, 6.45) is 1.49. The predicted molar refractivity (Wildman–Crippen MR) is 95.9 cm³/mol. The maximum absolute atomic E-state index is 11.7. The minimum atomic E-state index is -0.798. The van der Waals surface area contributed by atoms with Gasteiger partial charge in [0.05, 0.1) is 18.7 Å². The largest absolute Gasteiger partial charge is 0.460 e. The number of hydroxylamine groups is 2. The highest BCUT2D eigenvalue weighted by Crippen LogP contribution is 2.47. The van der Waals surface area contributed by atoms with E-state index in [1.54, 1.807) is 0 Å². The molecule has 0 amide bonds. The van der Waals surface area contributed by atoms with Gasteiger partial charge in [-0.05, 0) is 23.8 Å². The van der Waals surface area contributed by atoms with Crippen molar-refractivity contribution in [3.8, 4) is 6.07 Å². The van der Waals surface area contributed by atoms with Gasteiger partial charge in [0.25, 0.3) is 0 Å². The van der Waals surface area contributed by atoms with E-state index in [0.29, 0.717) is 0 Å². The molecule has 0 unspecified atom stereocenters. The molecule has 1 aliphatic heterocycles. The summed E-state index contributed by atoms with van der Waals surface area (Å²) in [6, 6.07) is 10.7. The Labute approximate surface area is 154 Å². The smallest absolute Gasteiger partial charge is 0.302 e. The van der Waals surface area contributed by atoms with E-state index in [2.05, 4.69) is 25.2 Å². The molecule has 2 aliphatic rings. The molecule has 2 N–H and O–H groups in total. The molecule has 26 heavy (non-hydrogen) atoms.